The van der Waals surface area contributed by atoms with E-state index in [1.165, 1.54) is 11.8 Å². The molecule has 2 aromatic heterocycles. The standard InChI is InChI=1S/C22H18N6O3S/c1-14-2-5-16(6-3-14)28-21(17-11-23-8-9-24-17)26-27-22(28)32-12-20(29)25-15-4-7-18-19(10-15)31-13-30-18/h2-11H,12-13H2,1H3,(H,25,29). The van der Waals surface area contributed by atoms with Gasteiger partial charge in [-0.15, -0.1) is 10.2 Å². The lowest BCUT2D eigenvalue weighted by atomic mass is 10.2. The number of hydrogen-bond donors (Lipinski definition) is 1. The number of nitrogens with one attached hydrogen (secondary N) is 1. The van der Waals surface area contributed by atoms with Gasteiger partial charge in [0.2, 0.25) is 12.7 Å². The van der Waals surface area contributed by atoms with Crippen LogP contribution in [0.15, 0.2) is 66.2 Å². The molecule has 1 aliphatic rings. The molecule has 1 amide bonds. The highest BCUT2D eigenvalue weighted by molar-refractivity contribution is 7.99. The maximum atomic E-state index is 12.6. The van der Waals surface area contributed by atoms with Gasteiger partial charge in [0, 0.05) is 29.8 Å². The van der Waals surface area contributed by atoms with Gasteiger partial charge in [-0.25, -0.2) is 4.98 Å². The van der Waals surface area contributed by atoms with Crippen molar-refractivity contribution in [2.24, 2.45) is 0 Å². The molecule has 0 saturated heterocycles. The van der Waals surface area contributed by atoms with E-state index in [9.17, 15) is 4.79 Å². The molecule has 32 heavy (non-hydrogen) atoms. The zero-order valence-corrected chi connectivity index (χ0v) is 17.9. The number of benzene rings is 2. The Hall–Kier alpha value is -3.92. The second kappa shape index (κ2) is 8.67. The number of hydrogen-bond acceptors (Lipinski definition) is 8. The summed E-state index contributed by atoms with van der Waals surface area (Å²) >= 11 is 1.29. The molecule has 0 saturated carbocycles. The van der Waals surface area contributed by atoms with E-state index in [0.717, 1.165) is 11.3 Å². The fourth-order valence-electron chi connectivity index (χ4n) is 3.17. The van der Waals surface area contributed by atoms with Gasteiger partial charge in [-0.05, 0) is 31.2 Å². The molecule has 0 spiro atoms. The first kappa shape index (κ1) is 20.0. The Bertz CT molecular complexity index is 1260. The molecule has 1 N–H and O–H groups in total. The van der Waals surface area contributed by atoms with Crippen molar-refractivity contribution in [3.63, 3.8) is 0 Å². The molecule has 1 aliphatic heterocycles. The largest absolute Gasteiger partial charge is 0.454 e. The van der Waals surface area contributed by atoms with Crippen LogP contribution >= 0.6 is 11.8 Å². The number of aryl methyl sites for hydroxylation is 1. The summed E-state index contributed by atoms with van der Waals surface area (Å²) in [5.74, 6) is 1.82. The monoisotopic (exact) mass is 446 g/mol. The third kappa shape index (κ3) is 4.12. The maximum absolute atomic E-state index is 12.6. The SMILES string of the molecule is Cc1ccc(-n2c(SCC(=O)Nc3ccc4c(c3)OCO4)nnc2-c2cnccn2)cc1. The fraction of sp³-hybridized carbons (Fsp3) is 0.136. The minimum absolute atomic E-state index is 0.152. The van der Waals surface area contributed by atoms with Crippen LogP contribution in [0.1, 0.15) is 5.56 Å². The van der Waals surface area contributed by atoms with E-state index in [-0.39, 0.29) is 18.5 Å². The Kier molecular flexibility index (Phi) is 5.42. The molecule has 0 aliphatic carbocycles. The summed E-state index contributed by atoms with van der Waals surface area (Å²) in [6.07, 6.45) is 4.84. The van der Waals surface area contributed by atoms with Crippen LogP contribution in [-0.4, -0.2) is 43.2 Å². The van der Waals surface area contributed by atoms with E-state index in [4.69, 9.17) is 9.47 Å². The highest BCUT2D eigenvalue weighted by Crippen LogP contribution is 2.34. The molecule has 0 fully saturated rings. The predicted molar refractivity (Wildman–Crippen MR) is 119 cm³/mol. The smallest absolute Gasteiger partial charge is 0.234 e. The van der Waals surface area contributed by atoms with E-state index in [1.54, 1.807) is 36.8 Å². The lowest BCUT2D eigenvalue weighted by Gasteiger charge is -2.10. The quantitative estimate of drug-likeness (QED) is 0.449. The Labute approximate surface area is 187 Å². The number of aromatic nitrogens is 5. The zero-order valence-electron chi connectivity index (χ0n) is 17.1. The maximum Gasteiger partial charge on any atom is 0.234 e. The van der Waals surface area contributed by atoms with Crippen molar-refractivity contribution < 1.29 is 14.3 Å². The number of anilines is 1. The van der Waals surface area contributed by atoms with E-state index in [0.29, 0.717) is 33.9 Å². The molecule has 9 nitrogen and oxygen atoms in total. The molecule has 3 heterocycles. The van der Waals surface area contributed by atoms with Gasteiger partial charge in [-0.2, -0.15) is 0 Å². The minimum Gasteiger partial charge on any atom is -0.454 e. The molecule has 5 rings (SSSR count). The zero-order chi connectivity index (χ0) is 21.9. The minimum atomic E-state index is -0.173. The van der Waals surface area contributed by atoms with Crippen LogP contribution in [-0.2, 0) is 4.79 Å². The molecule has 4 aromatic rings. The fourth-order valence-corrected chi connectivity index (χ4v) is 3.92. The van der Waals surface area contributed by atoms with Gasteiger partial charge in [0.25, 0.3) is 0 Å². The van der Waals surface area contributed by atoms with Crippen LogP contribution in [0.5, 0.6) is 11.5 Å². The second-order valence-corrected chi connectivity index (χ2v) is 7.92. The van der Waals surface area contributed by atoms with Crippen molar-refractivity contribution in [3.8, 4) is 28.7 Å². The molecule has 0 unspecified atom stereocenters. The summed E-state index contributed by atoms with van der Waals surface area (Å²) in [6, 6.07) is 13.3. The first-order valence-corrected chi connectivity index (χ1v) is 10.8. The Morgan fingerprint density at radius 3 is 2.75 bits per heavy atom. The summed E-state index contributed by atoms with van der Waals surface area (Å²) in [6.45, 7) is 2.21. The van der Waals surface area contributed by atoms with Crippen LogP contribution in [0.2, 0.25) is 0 Å². The average molecular weight is 446 g/mol. The lowest BCUT2D eigenvalue weighted by molar-refractivity contribution is -0.113. The van der Waals surface area contributed by atoms with Crippen LogP contribution in [0, 0.1) is 6.92 Å². The van der Waals surface area contributed by atoms with Crippen molar-refractivity contribution in [1.29, 1.82) is 0 Å². The number of ether oxygens (including phenoxy) is 2. The Morgan fingerprint density at radius 1 is 1.09 bits per heavy atom. The number of nitrogens with zero attached hydrogens (tertiary/aromatic N) is 5. The summed E-state index contributed by atoms with van der Waals surface area (Å²) < 4.78 is 12.5. The first-order valence-electron chi connectivity index (χ1n) is 9.78. The summed E-state index contributed by atoms with van der Waals surface area (Å²) in [5, 5.41) is 12.1. The normalized spacial score (nSPS) is 12.0. The van der Waals surface area contributed by atoms with Gasteiger partial charge in [0.15, 0.2) is 22.5 Å². The molecule has 160 valence electrons. The number of rotatable bonds is 6. The van der Waals surface area contributed by atoms with Crippen LogP contribution in [0.4, 0.5) is 5.69 Å². The van der Waals surface area contributed by atoms with Gasteiger partial charge in [-0.3, -0.25) is 14.3 Å². The Balaban J connectivity index is 1.37. The molecule has 0 atom stereocenters. The van der Waals surface area contributed by atoms with Gasteiger partial charge >= 0.3 is 0 Å². The predicted octanol–water partition coefficient (Wildman–Crippen LogP) is 3.49. The van der Waals surface area contributed by atoms with Gasteiger partial charge in [0.05, 0.1) is 11.9 Å². The highest BCUT2D eigenvalue weighted by atomic mass is 32.2. The highest BCUT2D eigenvalue weighted by Gasteiger charge is 2.19. The molecule has 0 bridgehead atoms. The third-order valence-electron chi connectivity index (χ3n) is 4.71. The molecular weight excluding hydrogens is 428 g/mol. The van der Waals surface area contributed by atoms with Crippen molar-refractivity contribution in [2.45, 2.75) is 12.1 Å². The van der Waals surface area contributed by atoms with Crippen LogP contribution in [0.3, 0.4) is 0 Å². The van der Waals surface area contributed by atoms with E-state index < -0.39 is 0 Å². The van der Waals surface area contributed by atoms with Gasteiger partial charge < -0.3 is 14.8 Å². The summed E-state index contributed by atoms with van der Waals surface area (Å²) in [5.41, 5.74) is 3.25. The summed E-state index contributed by atoms with van der Waals surface area (Å²) in [7, 11) is 0. The lowest BCUT2D eigenvalue weighted by Crippen LogP contribution is -2.14. The van der Waals surface area contributed by atoms with Gasteiger partial charge in [0.1, 0.15) is 5.69 Å². The van der Waals surface area contributed by atoms with Crippen molar-refractivity contribution >= 4 is 23.4 Å². The molecule has 2 aromatic carbocycles. The second-order valence-electron chi connectivity index (χ2n) is 6.97. The van der Waals surface area contributed by atoms with Crippen molar-refractivity contribution in [3.05, 3.63) is 66.6 Å². The van der Waals surface area contributed by atoms with E-state index in [2.05, 4.69) is 25.5 Å². The molecular formula is C22H18N6O3S. The Morgan fingerprint density at radius 2 is 1.94 bits per heavy atom. The average Bonchev–Trinajstić information content (AvgIpc) is 3.45. The number of amides is 1. The van der Waals surface area contributed by atoms with Gasteiger partial charge in [-0.1, -0.05) is 29.5 Å². The van der Waals surface area contributed by atoms with Crippen LogP contribution in [0.25, 0.3) is 17.2 Å². The number of thioether (sulfide) groups is 1. The van der Waals surface area contributed by atoms with Crippen molar-refractivity contribution in [1.82, 2.24) is 24.7 Å². The number of fused-ring (bicyclic) bond motifs is 1. The number of carbonyl (C=O) groups is 1. The van der Waals surface area contributed by atoms with E-state index in [1.807, 2.05) is 35.8 Å². The molecule has 0 radical (unpaired) electrons. The number of carbonyl (C=O) groups excluding carboxylic acids is 1. The third-order valence-corrected chi connectivity index (χ3v) is 5.64. The van der Waals surface area contributed by atoms with Crippen LogP contribution < -0.4 is 14.8 Å². The molecule has 10 heteroatoms. The van der Waals surface area contributed by atoms with Crippen molar-refractivity contribution in [2.75, 3.05) is 17.9 Å². The first-order chi connectivity index (χ1) is 15.7. The van der Waals surface area contributed by atoms with E-state index >= 15 is 0 Å². The topological polar surface area (TPSA) is 104 Å². The summed E-state index contributed by atoms with van der Waals surface area (Å²) in [4.78, 5) is 21.1.